The second-order valence-corrected chi connectivity index (χ2v) is 7.38. The monoisotopic (exact) mass is 401 g/mol. The number of pyridine rings is 1. The number of anilines is 1. The molecule has 1 aliphatic heterocycles. The molecule has 0 unspecified atom stereocenters. The second-order valence-electron chi connectivity index (χ2n) is 7.38. The molecule has 0 bridgehead atoms. The van der Waals surface area contributed by atoms with Gasteiger partial charge < -0.3 is 14.5 Å². The molecule has 1 amide bonds. The van der Waals surface area contributed by atoms with Crippen molar-refractivity contribution in [3.63, 3.8) is 0 Å². The molecule has 30 heavy (non-hydrogen) atoms. The van der Waals surface area contributed by atoms with Gasteiger partial charge >= 0.3 is 0 Å². The molecule has 0 N–H and O–H groups in total. The summed E-state index contributed by atoms with van der Waals surface area (Å²) in [6, 6.07) is 22.0. The van der Waals surface area contributed by atoms with Crippen molar-refractivity contribution < 1.29 is 9.53 Å². The fourth-order valence-electron chi connectivity index (χ4n) is 3.87. The molecule has 4 rings (SSSR count). The minimum atomic E-state index is 0.0531. The number of benzene rings is 2. The van der Waals surface area contributed by atoms with E-state index in [0.29, 0.717) is 25.3 Å². The number of ether oxygens (including phenoxy) is 1. The maximum Gasteiger partial charge on any atom is 0.255 e. The summed E-state index contributed by atoms with van der Waals surface area (Å²) in [7, 11) is 0. The van der Waals surface area contributed by atoms with Crippen LogP contribution in [0.3, 0.4) is 0 Å². The first-order chi connectivity index (χ1) is 14.7. The lowest BCUT2D eigenvalue weighted by Gasteiger charge is -2.36. The van der Waals surface area contributed by atoms with Crippen LogP contribution in [0.15, 0.2) is 66.7 Å². The van der Waals surface area contributed by atoms with Gasteiger partial charge in [-0.15, -0.1) is 0 Å². The second kappa shape index (κ2) is 8.99. The predicted molar refractivity (Wildman–Crippen MR) is 120 cm³/mol. The fraction of sp³-hybridized carbons (Fsp3) is 0.280. The summed E-state index contributed by atoms with van der Waals surface area (Å²) in [5.74, 6) is 0.952. The first kappa shape index (κ1) is 20.0. The van der Waals surface area contributed by atoms with E-state index in [4.69, 9.17) is 4.74 Å². The van der Waals surface area contributed by atoms with Gasteiger partial charge in [-0.25, -0.2) is 0 Å². The van der Waals surface area contributed by atoms with E-state index in [2.05, 4.69) is 16.0 Å². The molecule has 0 radical (unpaired) electrons. The van der Waals surface area contributed by atoms with Crippen LogP contribution in [0.25, 0.3) is 11.3 Å². The lowest BCUT2D eigenvalue weighted by molar-refractivity contribution is 0.0745. The topological polar surface area (TPSA) is 45.7 Å². The van der Waals surface area contributed by atoms with E-state index < -0.39 is 0 Å². The summed E-state index contributed by atoms with van der Waals surface area (Å²) in [6.07, 6.45) is 0. The molecule has 2 heterocycles. The van der Waals surface area contributed by atoms with E-state index in [-0.39, 0.29) is 5.91 Å². The SMILES string of the molecule is CCOc1ccccc1N1CCN(C(=O)c2ccc(-c3ccccc3)nc2C)CC1. The number of hydrogen-bond acceptors (Lipinski definition) is 4. The Morgan fingerprint density at radius 1 is 0.933 bits per heavy atom. The highest BCUT2D eigenvalue weighted by molar-refractivity contribution is 5.95. The zero-order valence-electron chi connectivity index (χ0n) is 17.5. The van der Waals surface area contributed by atoms with Crippen molar-refractivity contribution in [1.29, 1.82) is 0 Å². The highest BCUT2D eigenvalue weighted by Gasteiger charge is 2.25. The van der Waals surface area contributed by atoms with Crippen LogP contribution in [-0.4, -0.2) is 48.6 Å². The lowest BCUT2D eigenvalue weighted by atomic mass is 10.1. The number of aryl methyl sites for hydroxylation is 1. The Morgan fingerprint density at radius 3 is 2.33 bits per heavy atom. The van der Waals surface area contributed by atoms with Crippen molar-refractivity contribution in [1.82, 2.24) is 9.88 Å². The quantitative estimate of drug-likeness (QED) is 0.635. The molecule has 1 fully saturated rings. The van der Waals surface area contributed by atoms with E-state index in [0.717, 1.165) is 41.5 Å². The Kier molecular flexibility index (Phi) is 5.98. The molecule has 5 heteroatoms. The Balaban J connectivity index is 1.45. The number of aromatic nitrogens is 1. The standard InChI is InChI=1S/C25H27N3O2/c1-3-30-24-12-8-7-11-23(24)27-15-17-28(18-16-27)25(29)21-13-14-22(26-19(21)2)20-9-5-4-6-10-20/h4-14H,3,15-18H2,1-2H3. The number of piperazine rings is 1. The smallest absolute Gasteiger partial charge is 0.255 e. The lowest BCUT2D eigenvalue weighted by Crippen LogP contribution is -2.49. The predicted octanol–water partition coefficient (Wildman–Crippen LogP) is 4.42. The van der Waals surface area contributed by atoms with Gasteiger partial charge in [-0.1, -0.05) is 42.5 Å². The van der Waals surface area contributed by atoms with Crippen molar-refractivity contribution >= 4 is 11.6 Å². The molecule has 5 nitrogen and oxygen atoms in total. The summed E-state index contributed by atoms with van der Waals surface area (Å²) >= 11 is 0. The van der Waals surface area contributed by atoms with Crippen LogP contribution in [0, 0.1) is 6.92 Å². The van der Waals surface area contributed by atoms with Gasteiger partial charge in [0.2, 0.25) is 0 Å². The summed E-state index contributed by atoms with van der Waals surface area (Å²) in [6.45, 7) is 7.47. The molecule has 0 saturated carbocycles. The molecule has 0 spiro atoms. The maximum absolute atomic E-state index is 13.1. The Labute approximate surface area is 177 Å². The van der Waals surface area contributed by atoms with E-state index in [1.165, 1.54) is 0 Å². The van der Waals surface area contributed by atoms with Gasteiger partial charge in [-0.3, -0.25) is 9.78 Å². The molecule has 1 saturated heterocycles. The first-order valence-corrected chi connectivity index (χ1v) is 10.5. The largest absolute Gasteiger partial charge is 0.492 e. The third-order valence-corrected chi connectivity index (χ3v) is 5.46. The number of para-hydroxylation sites is 2. The van der Waals surface area contributed by atoms with Crippen molar-refractivity contribution in [2.24, 2.45) is 0 Å². The number of nitrogens with zero attached hydrogens (tertiary/aromatic N) is 3. The summed E-state index contributed by atoms with van der Waals surface area (Å²) < 4.78 is 5.77. The van der Waals surface area contributed by atoms with Crippen LogP contribution in [0.1, 0.15) is 23.0 Å². The minimum absolute atomic E-state index is 0.0531. The third-order valence-electron chi connectivity index (χ3n) is 5.46. The van der Waals surface area contributed by atoms with Crippen LogP contribution < -0.4 is 9.64 Å². The molecule has 1 aromatic heterocycles. The fourth-order valence-corrected chi connectivity index (χ4v) is 3.87. The summed E-state index contributed by atoms with van der Waals surface area (Å²) in [5.41, 5.74) is 4.49. The number of hydrogen-bond donors (Lipinski definition) is 0. The Morgan fingerprint density at radius 2 is 1.63 bits per heavy atom. The highest BCUT2D eigenvalue weighted by Crippen LogP contribution is 2.29. The van der Waals surface area contributed by atoms with Crippen molar-refractivity contribution in [2.45, 2.75) is 13.8 Å². The molecular formula is C25H27N3O2. The van der Waals surface area contributed by atoms with Crippen LogP contribution in [-0.2, 0) is 0 Å². The average molecular weight is 402 g/mol. The molecule has 0 aliphatic carbocycles. The molecule has 3 aromatic rings. The molecule has 154 valence electrons. The van der Waals surface area contributed by atoms with Crippen molar-refractivity contribution in [2.75, 3.05) is 37.7 Å². The van der Waals surface area contributed by atoms with E-state index in [1.807, 2.05) is 79.4 Å². The Bertz CT molecular complexity index is 1010. The van der Waals surface area contributed by atoms with Crippen molar-refractivity contribution in [3.05, 3.63) is 78.0 Å². The van der Waals surface area contributed by atoms with E-state index in [1.54, 1.807) is 0 Å². The van der Waals surface area contributed by atoms with E-state index >= 15 is 0 Å². The van der Waals surface area contributed by atoms with Gasteiger partial charge in [0.1, 0.15) is 5.75 Å². The number of rotatable bonds is 5. The molecule has 1 aliphatic rings. The van der Waals surface area contributed by atoms with E-state index in [9.17, 15) is 4.79 Å². The van der Waals surface area contributed by atoms with Crippen LogP contribution >= 0.6 is 0 Å². The van der Waals surface area contributed by atoms with Gasteiger partial charge in [0.15, 0.2) is 0 Å². The molecular weight excluding hydrogens is 374 g/mol. The van der Waals surface area contributed by atoms with Gasteiger partial charge in [-0.2, -0.15) is 0 Å². The zero-order valence-corrected chi connectivity index (χ0v) is 17.5. The molecule has 0 atom stereocenters. The van der Waals surface area contributed by atoms with Gasteiger partial charge in [0.05, 0.1) is 29.2 Å². The summed E-state index contributed by atoms with van der Waals surface area (Å²) in [5, 5.41) is 0. The summed E-state index contributed by atoms with van der Waals surface area (Å²) in [4.78, 5) is 22.0. The van der Waals surface area contributed by atoms with Gasteiger partial charge in [0, 0.05) is 31.7 Å². The number of carbonyl (C=O) groups is 1. The van der Waals surface area contributed by atoms with Gasteiger partial charge in [-0.05, 0) is 38.1 Å². The number of carbonyl (C=O) groups excluding carboxylic acids is 1. The maximum atomic E-state index is 13.1. The van der Waals surface area contributed by atoms with Crippen LogP contribution in [0.2, 0.25) is 0 Å². The zero-order chi connectivity index (χ0) is 20.9. The van der Waals surface area contributed by atoms with Gasteiger partial charge in [0.25, 0.3) is 5.91 Å². The van der Waals surface area contributed by atoms with Crippen LogP contribution in [0.4, 0.5) is 5.69 Å². The number of amides is 1. The van der Waals surface area contributed by atoms with Crippen LogP contribution in [0.5, 0.6) is 5.75 Å². The molecule has 2 aromatic carbocycles. The highest BCUT2D eigenvalue weighted by atomic mass is 16.5. The normalized spacial score (nSPS) is 13.9. The van der Waals surface area contributed by atoms with Crippen molar-refractivity contribution in [3.8, 4) is 17.0 Å². The minimum Gasteiger partial charge on any atom is -0.492 e. The first-order valence-electron chi connectivity index (χ1n) is 10.5. The Hall–Kier alpha value is -3.34. The average Bonchev–Trinajstić information content (AvgIpc) is 2.80. The third kappa shape index (κ3) is 4.15.